The molecule has 172 valence electrons. The zero-order valence-corrected chi connectivity index (χ0v) is 19.4. The average molecular weight is 486 g/mol. The Morgan fingerprint density at radius 2 is 2.03 bits per heavy atom. The van der Waals surface area contributed by atoms with Crippen LogP contribution in [0.15, 0.2) is 52.8 Å². The molecule has 3 heterocycles. The van der Waals surface area contributed by atoms with Crippen LogP contribution in [0.4, 0.5) is 11.4 Å². The van der Waals surface area contributed by atoms with E-state index in [9.17, 15) is 9.90 Å². The van der Waals surface area contributed by atoms with Crippen molar-refractivity contribution in [2.75, 3.05) is 30.1 Å². The SMILES string of the molecule is O=C(O)C12CCc3cc(OCNc4cccc(-n5c(S)nnc5S)c4)ccc3N1CCCO2. The molecule has 2 aromatic carbocycles. The molecule has 2 aliphatic rings. The van der Waals surface area contributed by atoms with Crippen molar-refractivity contribution in [1.82, 2.24) is 14.8 Å². The lowest BCUT2D eigenvalue weighted by molar-refractivity contribution is -0.171. The topological polar surface area (TPSA) is 102 Å². The van der Waals surface area contributed by atoms with Crippen LogP contribution < -0.4 is 15.0 Å². The van der Waals surface area contributed by atoms with Crippen molar-refractivity contribution in [3.63, 3.8) is 0 Å². The van der Waals surface area contributed by atoms with Gasteiger partial charge in [-0.1, -0.05) is 6.07 Å². The number of hydrogen-bond donors (Lipinski definition) is 4. The number of carboxylic acid groups (broad SMARTS) is 1. The molecule has 3 aromatic rings. The molecule has 2 aliphatic heterocycles. The molecule has 1 saturated heterocycles. The molecule has 5 rings (SSSR count). The fraction of sp³-hybridized carbons (Fsp3) is 0.318. The number of thiol groups is 2. The molecular weight excluding hydrogens is 462 g/mol. The van der Waals surface area contributed by atoms with Gasteiger partial charge < -0.3 is 24.8 Å². The summed E-state index contributed by atoms with van der Waals surface area (Å²) in [5.41, 5.74) is 2.39. The van der Waals surface area contributed by atoms with Crippen molar-refractivity contribution in [3.05, 3.63) is 48.0 Å². The Balaban J connectivity index is 1.27. The monoisotopic (exact) mass is 485 g/mol. The van der Waals surface area contributed by atoms with Crippen LogP contribution in [0.1, 0.15) is 18.4 Å². The summed E-state index contributed by atoms with van der Waals surface area (Å²) in [6.07, 6.45) is 1.82. The van der Waals surface area contributed by atoms with Crippen LogP contribution in [0.5, 0.6) is 5.75 Å². The van der Waals surface area contributed by atoms with Gasteiger partial charge in [-0.05, 0) is 54.8 Å². The summed E-state index contributed by atoms with van der Waals surface area (Å²) < 4.78 is 13.4. The fourth-order valence-electron chi connectivity index (χ4n) is 4.40. The van der Waals surface area contributed by atoms with Crippen molar-refractivity contribution in [2.24, 2.45) is 0 Å². The third-order valence-electron chi connectivity index (χ3n) is 5.96. The normalized spacial score (nSPS) is 19.5. The van der Waals surface area contributed by atoms with Gasteiger partial charge >= 0.3 is 5.97 Å². The second kappa shape index (κ2) is 8.81. The first-order valence-corrected chi connectivity index (χ1v) is 11.5. The molecule has 33 heavy (non-hydrogen) atoms. The summed E-state index contributed by atoms with van der Waals surface area (Å²) in [6.45, 7) is 1.39. The van der Waals surface area contributed by atoms with Crippen LogP contribution in [0.3, 0.4) is 0 Å². The Morgan fingerprint density at radius 3 is 2.82 bits per heavy atom. The average Bonchev–Trinajstić information content (AvgIpc) is 3.16. The minimum Gasteiger partial charge on any atom is -0.478 e. The molecule has 9 nitrogen and oxygen atoms in total. The van der Waals surface area contributed by atoms with E-state index in [-0.39, 0.29) is 6.73 Å². The number of aromatic nitrogens is 3. The molecule has 11 heteroatoms. The minimum atomic E-state index is -1.26. The second-order valence-corrected chi connectivity index (χ2v) is 8.68. The third-order valence-corrected chi connectivity index (χ3v) is 6.54. The molecule has 1 fully saturated rings. The maximum atomic E-state index is 12.0. The first-order valence-electron chi connectivity index (χ1n) is 10.6. The Hall–Kier alpha value is -2.89. The summed E-state index contributed by atoms with van der Waals surface area (Å²) in [7, 11) is 0. The Bertz CT molecular complexity index is 1180. The number of carboxylic acids is 1. The van der Waals surface area contributed by atoms with E-state index in [1.165, 1.54) is 0 Å². The molecule has 0 spiro atoms. The Kier molecular flexibility index (Phi) is 5.85. The lowest BCUT2D eigenvalue weighted by Gasteiger charge is -2.48. The molecule has 0 amide bonds. The van der Waals surface area contributed by atoms with E-state index in [4.69, 9.17) is 9.47 Å². The third kappa shape index (κ3) is 4.00. The molecule has 0 saturated carbocycles. The molecule has 2 N–H and O–H groups in total. The number of fused-ring (bicyclic) bond motifs is 3. The van der Waals surface area contributed by atoms with E-state index < -0.39 is 11.7 Å². The number of ether oxygens (including phenoxy) is 2. The van der Waals surface area contributed by atoms with E-state index in [1.54, 1.807) is 4.57 Å². The highest BCUT2D eigenvalue weighted by Gasteiger charge is 2.50. The summed E-state index contributed by atoms with van der Waals surface area (Å²) >= 11 is 8.64. The van der Waals surface area contributed by atoms with Crippen molar-refractivity contribution in [2.45, 2.75) is 35.3 Å². The number of rotatable bonds is 6. The number of anilines is 2. The number of aliphatic carboxylic acids is 1. The van der Waals surface area contributed by atoms with Gasteiger partial charge in [0.15, 0.2) is 17.0 Å². The predicted molar refractivity (Wildman–Crippen MR) is 128 cm³/mol. The van der Waals surface area contributed by atoms with Crippen molar-refractivity contribution < 1.29 is 19.4 Å². The minimum absolute atomic E-state index is 0.262. The fourth-order valence-corrected chi connectivity index (χ4v) is 4.99. The van der Waals surface area contributed by atoms with Gasteiger partial charge in [-0.25, -0.2) is 4.79 Å². The van der Waals surface area contributed by atoms with E-state index >= 15 is 0 Å². The standard InChI is InChI=1S/C22H23N5O4S2/c28-19(29)22-8-7-14-11-17(5-6-18(14)26(22)9-2-10-31-22)30-13-23-15-3-1-4-16(12-15)27-20(32)24-25-21(27)33/h1,3-6,11-12,23H,2,7-10,13H2,(H,24,32)(H,25,33)(H,28,29). The van der Waals surface area contributed by atoms with Crippen molar-refractivity contribution >= 4 is 42.6 Å². The van der Waals surface area contributed by atoms with Crippen LogP contribution in [-0.2, 0) is 16.0 Å². The highest BCUT2D eigenvalue weighted by atomic mass is 32.1. The van der Waals surface area contributed by atoms with Gasteiger partial charge in [0.2, 0.25) is 5.72 Å². The van der Waals surface area contributed by atoms with Crippen molar-refractivity contribution in [1.29, 1.82) is 0 Å². The number of nitrogens with zero attached hydrogens (tertiary/aromatic N) is 4. The van der Waals surface area contributed by atoms with Gasteiger partial charge in [0.1, 0.15) is 5.75 Å². The second-order valence-electron chi connectivity index (χ2n) is 7.88. The highest BCUT2D eigenvalue weighted by Crippen LogP contribution is 2.41. The van der Waals surface area contributed by atoms with E-state index in [1.807, 2.05) is 47.4 Å². The quantitative estimate of drug-likeness (QED) is 0.312. The molecule has 1 atom stereocenters. The zero-order valence-electron chi connectivity index (χ0n) is 17.6. The van der Waals surface area contributed by atoms with Gasteiger partial charge in [0.25, 0.3) is 0 Å². The molecular formula is C22H23N5O4S2. The van der Waals surface area contributed by atoms with E-state index in [2.05, 4.69) is 40.8 Å². The molecule has 0 bridgehead atoms. The number of benzene rings is 2. The molecule has 0 aliphatic carbocycles. The number of aryl methyl sites for hydroxylation is 1. The van der Waals surface area contributed by atoms with E-state index in [0.717, 1.165) is 29.0 Å². The van der Waals surface area contributed by atoms with Gasteiger partial charge in [-0.3, -0.25) is 4.57 Å². The maximum Gasteiger partial charge on any atom is 0.357 e. The first kappa shape index (κ1) is 21.9. The van der Waals surface area contributed by atoms with E-state index in [0.29, 0.717) is 42.1 Å². The number of hydrogen-bond acceptors (Lipinski definition) is 9. The lowest BCUT2D eigenvalue weighted by Crippen LogP contribution is -2.62. The van der Waals surface area contributed by atoms with Crippen LogP contribution in [0.2, 0.25) is 0 Å². The van der Waals surface area contributed by atoms with Crippen LogP contribution in [-0.4, -0.2) is 51.4 Å². The Morgan fingerprint density at radius 1 is 1.21 bits per heavy atom. The largest absolute Gasteiger partial charge is 0.478 e. The van der Waals surface area contributed by atoms with Gasteiger partial charge in [0.05, 0.1) is 12.3 Å². The molecule has 0 radical (unpaired) electrons. The number of carbonyl (C=O) groups is 1. The summed E-state index contributed by atoms with van der Waals surface area (Å²) in [4.78, 5) is 13.9. The number of nitrogens with one attached hydrogen (secondary N) is 1. The predicted octanol–water partition coefficient (Wildman–Crippen LogP) is 3.25. The molecule has 1 unspecified atom stereocenters. The summed E-state index contributed by atoms with van der Waals surface area (Å²) in [5.74, 6) is -0.214. The zero-order chi connectivity index (χ0) is 23.0. The van der Waals surface area contributed by atoms with Gasteiger partial charge in [-0.2, -0.15) is 0 Å². The Labute approximate surface area is 201 Å². The smallest absolute Gasteiger partial charge is 0.357 e. The summed E-state index contributed by atoms with van der Waals surface area (Å²) in [5, 5.41) is 21.8. The lowest BCUT2D eigenvalue weighted by atomic mass is 9.91. The van der Waals surface area contributed by atoms with Crippen LogP contribution in [0, 0.1) is 0 Å². The van der Waals surface area contributed by atoms with Gasteiger partial charge in [0, 0.05) is 24.3 Å². The maximum absolute atomic E-state index is 12.0. The highest BCUT2D eigenvalue weighted by molar-refractivity contribution is 7.80. The first-order chi connectivity index (χ1) is 16.0. The molecule has 1 aromatic heterocycles. The van der Waals surface area contributed by atoms with Crippen LogP contribution in [0.25, 0.3) is 5.69 Å². The van der Waals surface area contributed by atoms with Crippen molar-refractivity contribution in [3.8, 4) is 11.4 Å². The van der Waals surface area contributed by atoms with Crippen LogP contribution >= 0.6 is 25.3 Å². The van der Waals surface area contributed by atoms with Gasteiger partial charge in [-0.15, -0.1) is 35.5 Å². The summed E-state index contributed by atoms with van der Waals surface area (Å²) in [6, 6.07) is 13.5.